The van der Waals surface area contributed by atoms with Crippen molar-refractivity contribution in [1.82, 2.24) is 0 Å². The molecule has 0 spiro atoms. The molecule has 2 atom stereocenters. The first-order valence-corrected chi connectivity index (χ1v) is 5.65. The highest BCUT2D eigenvalue weighted by molar-refractivity contribution is 5.86. The third-order valence-electron chi connectivity index (χ3n) is 3.69. The molecule has 1 fully saturated rings. The Balaban J connectivity index is 2.43. The lowest BCUT2D eigenvalue weighted by molar-refractivity contribution is -0.140. The number of carboxylic acid groups (broad SMARTS) is 1. The zero-order chi connectivity index (χ0) is 12.8. The van der Waals surface area contributed by atoms with Crippen LogP contribution in [0.25, 0.3) is 0 Å². The second kappa shape index (κ2) is 3.65. The van der Waals surface area contributed by atoms with Crippen LogP contribution in [-0.4, -0.2) is 21.3 Å². The predicted octanol–water partition coefficient (Wildman–Crippen LogP) is 2.10. The summed E-state index contributed by atoms with van der Waals surface area (Å²) in [7, 11) is 0. The number of hydrogen-bond donors (Lipinski definition) is 3. The van der Waals surface area contributed by atoms with Crippen molar-refractivity contribution in [3.63, 3.8) is 0 Å². The van der Waals surface area contributed by atoms with Gasteiger partial charge in [0.15, 0.2) is 11.5 Å². The van der Waals surface area contributed by atoms with Crippen molar-refractivity contribution in [2.45, 2.75) is 25.7 Å². The molecular formula is C13H16O4. The zero-order valence-electron chi connectivity index (χ0n) is 9.84. The van der Waals surface area contributed by atoms with Gasteiger partial charge in [-0.05, 0) is 36.0 Å². The summed E-state index contributed by atoms with van der Waals surface area (Å²) in [6.07, 6.45) is 0.588. The van der Waals surface area contributed by atoms with Crippen molar-refractivity contribution in [2.75, 3.05) is 0 Å². The Bertz CT molecular complexity index is 466. The Morgan fingerprint density at radius 1 is 1.35 bits per heavy atom. The van der Waals surface area contributed by atoms with E-state index in [0.717, 1.165) is 0 Å². The van der Waals surface area contributed by atoms with Crippen molar-refractivity contribution in [1.29, 1.82) is 0 Å². The first-order valence-electron chi connectivity index (χ1n) is 5.65. The number of phenolic OH excluding ortho intramolecular Hbond substituents is 2. The summed E-state index contributed by atoms with van der Waals surface area (Å²) >= 11 is 0. The topological polar surface area (TPSA) is 77.8 Å². The summed E-state index contributed by atoms with van der Waals surface area (Å²) in [5, 5.41) is 28.1. The molecule has 1 aliphatic carbocycles. The fourth-order valence-corrected chi connectivity index (χ4v) is 2.59. The summed E-state index contributed by atoms with van der Waals surface area (Å²) in [4.78, 5) is 11.5. The van der Waals surface area contributed by atoms with Gasteiger partial charge in [-0.2, -0.15) is 0 Å². The molecule has 0 bridgehead atoms. The number of rotatable bonds is 3. The summed E-state index contributed by atoms with van der Waals surface area (Å²) in [5.41, 5.74) is -0.321. The van der Waals surface area contributed by atoms with Gasteiger partial charge in [0, 0.05) is 0 Å². The van der Waals surface area contributed by atoms with Crippen molar-refractivity contribution in [3.8, 4) is 11.5 Å². The average Bonchev–Trinajstić information content (AvgIpc) is 2.98. The van der Waals surface area contributed by atoms with Gasteiger partial charge in [-0.3, -0.25) is 4.79 Å². The Morgan fingerprint density at radius 2 is 2.00 bits per heavy atom. The second-order valence-corrected chi connectivity index (χ2v) is 5.03. The molecule has 0 aliphatic heterocycles. The number of benzene rings is 1. The van der Waals surface area contributed by atoms with Crippen LogP contribution >= 0.6 is 0 Å². The fourth-order valence-electron chi connectivity index (χ4n) is 2.59. The standard InChI is InChI=1S/C13H16O4/c1-7(2)9-6-13(9,12(16)17)8-3-4-10(14)11(15)5-8/h3-5,7,9,14-15H,6H2,1-2H3,(H,16,17). The zero-order valence-corrected chi connectivity index (χ0v) is 9.84. The quantitative estimate of drug-likeness (QED) is 0.702. The van der Waals surface area contributed by atoms with E-state index >= 15 is 0 Å². The summed E-state index contributed by atoms with van der Waals surface area (Å²) in [5.74, 6) is -0.985. The number of aromatic hydroxyl groups is 2. The Kier molecular flexibility index (Phi) is 2.53. The minimum Gasteiger partial charge on any atom is -0.504 e. The normalized spacial score (nSPS) is 27.1. The van der Waals surface area contributed by atoms with Gasteiger partial charge in [-0.1, -0.05) is 19.9 Å². The van der Waals surface area contributed by atoms with E-state index in [-0.39, 0.29) is 23.3 Å². The lowest BCUT2D eigenvalue weighted by atomic mass is 9.89. The SMILES string of the molecule is CC(C)C1CC1(C(=O)O)c1ccc(O)c(O)c1. The maximum absolute atomic E-state index is 11.5. The Morgan fingerprint density at radius 3 is 2.41 bits per heavy atom. The molecule has 0 heterocycles. The molecule has 0 aromatic heterocycles. The number of carboxylic acids is 1. The van der Waals surface area contributed by atoms with Crippen molar-refractivity contribution in [3.05, 3.63) is 23.8 Å². The van der Waals surface area contributed by atoms with Crippen LogP contribution in [0.5, 0.6) is 11.5 Å². The van der Waals surface area contributed by atoms with E-state index in [1.165, 1.54) is 12.1 Å². The summed E-state index contributed by atoms with van der Waals surface area (Å²) < 4.78 is 0. The maximum atomic E-state index is 11.5. The van der Waals surface area contributed by atoms with Gasteiger partial charge in [0.2, 0.25) is 0 Å². The van der Waals surface area contributed by atoms with Crippen molar-refractivity contribution < 1.29 is 20.1 Å². The molecule has 4 heteroatoms. The van der Waals surface area contributed by atoms with Gasteiger partial charge in [-0.15, -0.1) is 0 Å². The van der Waals surface area contributed by atoms with Crippen LogP contribution in [-0.2, 0) is 10.2 Å². The molecule has 0 radical (unpaired) electrons. The van der Waals surface area contributed by atoms with Crippen molar-refractivity contribution in [2.24, 2.45) is 11.8 Å². The lowest BCUT2D eigenvalue weighted by Crippen LogP contribution is -2.24. The van der Waals surface area contributed by atoms with Crippen LogP contribution in [0, 0.1) is 11.8 Å². The van der Waals surface area contributed by atoms with Gasteiger partial charge in [0.1, 0.15) is 0 Å². The Hall–Kier alpha value is -1.71. The highest BCUT2D eigenvalue weighted by Gasteiger charge is 2.62. The van der Waals surface area contributed by atoms with Gasteiger partial charge >= 0.3 is 5.97 Å². The van der Waals surface area contributed by atoms with E-state index in [2.05, 4.69) is 0 Å². The lowest BCUT2D eigenvalue weighted by Gasteiger charge is -2.15. The molecular weight excluding hydrogens is 220 g/mol. The molecule has 0 amide bonds. The predicted molar refractivity (Wildman–Crippen MR) is 62.0 cm³/mol. The van der Waals surface area contributed by atoms with E-state index in [0.29, 0.717) is 12.0 Å². The van der Waals surface area contributed by atoms with Crippen molar-refractivity contribution >= 4 is 5.97 Å². The van der Waals surface area contributed by atoms with Gasteiger partial charge in [0.05, 0.1) is 5.41 Å². The number of hydrogen-bond acceptors (Lipinski definition) is 3. The second-order valence-electron chi connectivity index (χ2n) is 5.03. The number of aliphatic carboxylic acids is 1. The first kappa shape index (κ1) is 11.8. The molecule has 2 unspecified atom stereocenters. The Labute approximate surface area is 99.5 Å². The van der Waals surface area contributed by atoms with E-state index in [4.69, 9.17) is 0 Å². The third-order valence-corrected chi connectivity index (χ3v) is 3.69. The maximum Gasteiger partial charge on any atom is 0.314 e. The molecule has 1 saturated carbocycles. The summed E-state index contributed by atoms with van der Waals surface area (Å²) in [6, 6.07) is 4.27. The molecule has 3 N–H and O–H groups in total. The van der Waals surface area contributed by atoms with Crippen LogP contribution in [0.3, 0.4) is 0 Å². The van der Waals surface area contributed by atoms with Gasteiger partial charge in [0.25, 0.3) is 0 Å². The monoisotopic (exact) mass is 236 g/mol. The number of phenols is 2. The van der Waals surface area contributed by atoms with Crippen LogP contribution < -0.4 is 0 Å². The molecule has 0 saturated heterocycles. The molecule has 1 aromatic carbocycles. The molecule has 1 aromatic rings. The van der Waals surface area contributed by atoms with E-state index < -0.39 is 11.4 Å². The highest BCUT2D eigenvalue weighted by atomic mass is 16.4. The van der Waals surface area contributed by atoms with E-state index in [1.807, 2.05) is 13.8 Å². The van der Waals surface area contributed by atoms with Crippen LogP contribution in [0.4, 0.5) is 0 Å². The molecule has 17 heavy (non-hydrogen) atoms. The average molecular weight is 236 g/mol. The van der Waals surface area contributed by atoms with Crippen LogP contribution in [0.1, 0.15) is 25.8 Å². The molecule has 92 valence electrons. The molecule has 2 rings (SSSR count). The minimum absolute atomic E-state index is 0.0870. The van der Waals surface area contributed by atoms with E-state index in [9.17, 15) is 20.1 Å². The number of carbonyl (C=O) groups is 1. The fraction of sp³-hybridized carbons (Fsp3) is 0.462. The van der Waals surface area contributed by atoms with Crippen LogP contribution in [0.15, 0.2) is 18.2 Å². The van der Waals surface area contributed by atoms with Crippen LogP contribution in [0.2, 0.25) is 0 Å². The summed E-state index contributed by atoms with van der Waals surface area (Å²) in [6.45, 7) is 3.99. The first-order chi connectivity index (χ1) is 7.89. The van der Waals surface area contributed by atoms with Gasteiger partial charge in [-0.25, -0.2) is 0 Å². The largest absolute Gasteiger partial charge is 0.504 e. The van der Waals surface area contributed by atoms with Gasteiger partial charge < -0.3 is 15.3 Å². The molecule has 1 aliphatic rings. The highest BCUT2D eigenvalue weighted by Crippen LogP contribution is 2.58. The minimum atomic E-state index is -0.890. The van der Waals surface area contributed by atoms with E-state index in [1.54, 1.807) is 6.07 Å². The molecule has 4 nitrogen and oxygen atoms in total. The smallest absolute Gasteiger partial charge is 0.314 e. The third kappa shape index (κ3) is 1.64.